The van der Waals surface area contributed by atoms with Gasteiger partial charge in [0.25, 0.3) is 0 Å². The molecule has 0 aromatic heterocycles. The summed E-state index contributed by atoms with van der Waals surface area (Å²) in [5.41, 5.74) is 10.8. The Hall–Kier alpha value is -0.690. The summed E-state index contributed by atoms with van der Waals surface area (Å²) in [5, 5.41) is 0. The minimum absolute atomic E-state index is 0.417. The lowest BCUT2D eigenvalue weighted by molar-refractivity contribution is -0.119. The molecular formula is C11H25N5O. The molecule has 0 bridgehead atoms. The van der Waals surface area contributed by atoms with Gasteiger partial charge in [0.1, 0.15) is 0 Å². The van der Waals surface area contributed by atoms with Crippen LogP contribution in [0.2, 0.25) is 0 Å². The fourth-order valence-corrected chi connectivity index (χ4v) is 1.91. The van der Waals surface area contributed by atoms with Gasteiger partial charge in [0, 0.05) is 45.8 Å². The second-order valence-electron chi connectivity index (χ2n) is 4.95. The molecule has 1 unspecified atom stereocenters. The quantitative estimate of drug-likeness (QED) is 0.563. The number of nitrogens with zero attached hydrogens (tertiary/aromatic N) is 3. The van der Waals surface area contributed by atoms with Gasteiger partial charge in [-0.25, -0.2) is 0 Å². The zero-order valence-corrected chi connectivity index (χ0v) is 10.9. The third-order valence-electron chi connectivity index (χ3n) is 3.15. The number of carbonyl (C=O) groups is 1. The minimum atomic E-state index is -0.539. The Bertz CT molecular complexity index is 238. The van der Waals surface area contributed by atoms with E-state index in [2.05, 4.69) is 28.8 Å². The van der Waals surface area contributed by atoms with E-state index in [1.165, 1.54) is 0 Å². The molecule has 1 aliphatic rings. The lowest BCUT2D eigenvalue weighted by Crippen LogP contribution is -2.53. The molecule has 0 spiro atoms. The van der Waals surface area contributed by atoms with Gasteiger partial charge in [-0.3, -0.25) is 14.6 Å². The van der Waals surface area contributed by atoms with Crippen LogP contribution in [0.5, 0.6) is 0 Å². The standard InChI is InChI=1S/C11H25N5O/c1-14(2)3-4-15-5-7-16(8-6-15)9-10(12)11(13)17/h10H,3-9,12H2,1-2H3,(H2,13,17). The van der Waals surface area contributed by atoms with Gasteiger partial charge in [-0.2, -0.15) is 0 Å². The van der Waals surface area contributed by atoms with Crippen molar-refractivity contribution in [1.82, 2.24) is 14.7 Å². The van der Waals surface area contributed by atoms with Gasteiger partial charge in [-0.15, -0.1) is 0 Å². The maximum absolute atomic E-state index is 10.9. The van der Waals surface area contributed by atoms with Crippen molar-refractivity contribution >= 4 is 5.91 Å². The van der Waals surface area contributed by atoms with Crippen molar-refractivity contribution in [3.8, 4) is 0 Å². The first-order valence-corrected chi connectivity index (χ1v) is 6.13. The van der Waals surface area contributed by atoms with Crippen molar-refractivity contribution < 1.29 is 4.79 Å². The van der Waals surface area contributed by atoms with Crippen molar-refractivity contribution in [3.63, 3.8) is 0 Å². The summed E-state index contributed by atoms with van der Waals surface area (Å²) in [5.74, 6) is -0.417. The summed E-state index contributed by atoms with van der Waals surface area (Å²) in [6, 6.07) is -0.539. The number of hydrogen-bond acceptors (Lipinski definition) is 5. The van der Waals surface area contributed by atoms with E-state index in [1.807, 2.05) is 0 Å². The molecule has 6 heteroatoms. The zero-order chi connectivity index (χ0) is 12.8. The Kier molecular flexibility index (Phi) is 5.84. The topological polar surface area (TPSA) is 78.8 Å². The van der Waals surface area contributed by atoms with Crippen molar-refractivity contribution in [1.29, 1.82) is 0 Å². The van der Waals surface area contributed by atoms with Crippen molar-refractivity contribution in [2.24, 2.45) is 11.5 Å². The number of primary amides is 1. The number of likely N-dealkylation sites (N-methyl/N-ethyl adjacent to an activating group) is 1. The molecule has 4 N–H and O–H groups in total. The zero-order valence-electron chi connectivity index (χ0n) is 10.9. The first-order chi connectivity index (χ1) is 7.99. The SMILES string of the molecule is CN(C)CCN1CCN(CC(N)C(N)=O)CC1. The molecule has 1 aliphatic heterocycles. The maximum Gasteiger partial charge on any atom is 0.235 e. The molecule has 1 heterocycles. The molecule has 17 heavy (non-hydrogen) atoms. The monoisotopic (exact) mass is 243 g/mol. The number of nitrogens with two attached hydrogens (primary N) is 2. The van der Waals surface area contributed by atoms with Crippen molar-refractivity contribution in [2.45, 2.75) is 6.04 Å². The van der Waals surface area contributed by atoms with Gasteiger partial charge in [-0.1, -0.05) is 0 Å². The van der Waals surface area contributed by atoms with Crippen LogP contribution in [0.4, 0.5) is 0 Å². The van der Waals surface area contributed by atoms with Gasteiger partial charge in [0.15, 0.2) is 0 Å². The number of hydrogen-bond donors (Lipinski definition) is 2. The van der Waals surface area contributed by atoms with E-state index in [4.69, 9.17) is 11.5 Å². The fraction of sp³-hybridized carbons (Fsp3) is 0.909. The maximum atomic E-state index is 10.9. The van der Waals surface area contributed by atoms with E-state index >= 15 is 0 Å². The van der Waals surface area contributed by atoms with Crippen LogP contribution in [-0.4, -0.2) is 86.6 Å². The van der Waals surface area contributed by atoms with E-state index in [9.17, 15) is 4.79 Å². The smallest absolute Gasteiger partial charge is 0.235 e. The Balaban J connectivity index is 2.19. The minimum Gasteiger partial charge on any atom is -0.368 e. The molecular weight excluding hydrogens is 218 g/mol. The molecule has 100 valence electrons. The van der Waals surface area contributed by atoms with E-state index in [1.54, 1.807) is 0 Å². The van der Waals surface area contributed by atoms with Crippen LogP contribution >= 0.6 is 0 Å². The van der Waals surface area contributed by atoms with Crippen molar-refractivity contribution in [3.05, 3.63) is 0 Å². The van der Waals surface area contributed by atoms with E-state index < -0.39 is 11.9 Å². The molecule has 1 rings (SSSR count). The molecule has 0 radical (unpaired) electrons. The number of rotatable bonds is 6. The summed E-state index contributed by atoms with van der Waals surface area (Å²) in [6.07, 6.45) is 0. The highest BCUT2D eigenvalue weighted by atomic mass is 16.1. The van der Waals surface area contributed by atoms with Gasteiger partial charge in [-0.05, 0) is 14.1 Å². The third-order valence-corrected chi connectivity index (χ3v) is 3.15. The molecule has 1 amide bonds. The van der Waals surface area contributed by atoms with E-state index in [0.29, 0.717) is 6.54 Å². The second-order valence-corrected chi connectivity index (χ2v) is 4.95. The van der Waals surface area contributed by atoms with Crippen LogP contribution < -0.4 is 11.5 Å². The normalized spacial score (nSPS) is 20.7. The van der Waals surface area contributed by atoms with Crippen molar-refractivity contribution in [2.75, 3.05) is 59.9 Å². The molecule has 0 aliphatic carbocycles. The van der Waals surface area contributed by atoms with Crippen LogP contribution in [0.15, 0.2) is 0 Å². The van der Waals surface area contributed by atoms with Gasteiger partial charge in [0.2, 0.25) is 5.91 Å². The third kappa shape index (κ3) is 5.45. The predicted octanol–water partition coefficient (Wildman–Crippen LogP) is -2.02. The highest BCUT2D eigenvalue weighted by molar-refractivity contribution is 5.79. The Morgan fingerprint density at radius 1 is 1.24 bits per heavy atom. The van der Waals surface area contributed by atoms with Gasteiger partial charge >= 0.3 is 0 Å². The molecule has 6 nitrogen and oxygen atoms in total. The van der Waals surface area contributed by atoms with E-state index in [0.717, 1.165) is 39.3 Å². The average molecular weight is 243 g/mol. The largest absolute Gasteiger partial charge is 0.368 e. The highest BCUT2D eigenvalue weighted by Gasteiger charge is 2.20. The van der Waals surface area contributed by atoms with E-state index in [-0.39, 0.29) is 0 Å². The summed E-state index contributed by atoms with van der Waals surface area (Å²) >= 11 is 0. The summed E-state index contributed by atoms with van der Waals surface area (Å²) in [4.78, 5) is 17.7. The first-order valence-electron chi connectivity index (χ1n) is 6.13. The lowest BCUT2D eigenvalue weighted by Gasteiger charge is -2.35. The number of piperazine rings is 1. The Morgan fingerprint density at radius 3 is 2.24 bits per heavy atom. The molecule has 0 aromatic rings. The van der Waals surface area contributed by atoms with Crippen LogP contribution in [0.1, 0.15) is 0 Å². The lowest BCUT2D eigenvalue weighted by atomic mass is 10.2. The fourth-order valence-electron chi connectivity index (χ4n) is 1.91. The molecule has 0 saturated carbocycles. The Labute approximate surface area is 104 Å². The second kappa shape index (κ2) is 6.90. The van der Waals surface area contributed by atoms with Crippen LogP contribution in [-0.2, 0) is 4.79 Å². The van der Waals surface area contributed by atoms with Crippen LogP contribution in [0.25, 0.3) is 0 Å². The molecule has 0 aromatic carbocycles. The van der Waals surface area contributed by atoms with Gasteiger partial charge < -0.3 is 16.4 Å². The first kappa shape index (κ1) is 14.4. The van der Waals surface area contributed by atoms with Gasteiger partial charge in [0.05, 0.1) is 6.04 Å². The predicted molar refractivity (Wildman–Crippen MR) is 68.6 cm³/mol. The molecule has 1 atom stereocenters. The molecule has 1 fully saturated rings. The Morgan fingerprint density at radius 2 is 1.76 bits per heavy atom. The van der Waals surface area contributed by atoms with Crippen LogP contribution in [0, 0.1) is 0 Å². The van der Waals surface area contributed by atoms with Crippen LogP contribution in [0.3, 0.4) is 0 Å². The average Bonchev–Trinajstić information content (AvgIpc) is 2.28. The highest BCUT2D eigenvalue weighted by Crippen LogP contribution is 2.02. The molecule has 1 saturated heterocycles. The number of amides is 1. The summed E-state index contributed by atoms with van der Waals surface area (Å²) < 4.78 is 0. The summed E-state index contributed by atoms with van der Waals surface area (Å²) in [7, 11) is 4.17. The number of carbonyl (C=O) groups excluding carboxylic acids is 1. The summed E-state index contributed by atoms with van der Waals surface area (Å²) in [6.45, 7) is 6.78.